The average molecular weight is 314 g/mol. The summed E-state index contributed by atoms with van der Waals surface area (Å²) < 4.78 is 15.2. The third-order valence-electron chi connectivity index (χ3n) is 3.44. The Balaban J connectivity index is 1.56. The first-order valence-electron chi connectivity index (χ1n) is 7.74. The summed E-state index contributed by atoms with van der Waals surface area (Å²) in [5.41, 5.74) is 2.20. The van der Waals surface area contributed by atoms with Gasteiger partial charge in [-0.3, -0.25) is 0 Å². The summed E-state index contributed by atoms with van der Waals surface area (Å²) in [6.45, 7) is 0.584. The van der Waals surface area contributed by atoms with Crippen LogP contribution in [-0.2, 0) is 22.5 Å². The minimum atomic E-state index is -0.625. The van der Waals surface area contributed by atoms with Gasteiger partial charge in [0.1, 0.15) is 12.4 Å². The molecule has 0 saturated carbocycles. The molecule has 0 aliphatic carbocycles. The third kappa shape index (κ3) is 6.43. The summed E-state index contributed by atoms with van der Waals surface area (Å²) >= 11 is 0. The molecule has 0 saturated heterocycles. The number of carbonyl (C=O) groups excluding carboxylic acids is 1. The van der Waals surface area contributed by atoms with Gasteiger partial charge in [-0.1, -0.05) is 42.5 Å². The Labute approximate surface area is 137 Å². The van der Waals surface area contributed by atoms with E-state index < -0.39 is 6.16 Å². The lowest BCUT2D eigenvalue weighted by molar-refractivity contribution is 0.0489. The largest absolute Gasteiger partial charge is 0.508 e. The van der Waals surface area contributed by atoms with Crippen LogP contribution in [0.15, 0.2) is 54.6 Å². The number of methoxy groups -OCH3 is 1. The van der Waals surface area contributed by atoms with Gasteiger partial charge in [0.2, 0.25) is 0 Å². The molecule has 122 valence electrons. The molecule has 23 heavy (non-hydrogen) atoms. The molecule has 0 heterocycles. The number of aryl methyl sites for hydroxylation is 1. The second kappa shape index (κ2) is 9.51. The monoisotopic (exact) mass is 314 g/mol. The Morgan fingerprint density at radius 3 is 2.30 bits per heavy atom. The summed E-state index contributed by atoms with van der Waals surface area (Å²) in [6, 6.07) is 17.6. The Kier molecular flexibility index (Phi) is 6.98. The van der Waals surface area contributed by atoms with Crippen LogP contribution in [0.4, 0.5) is 4.79 Å². The Hall–Kier alpha value is -2.49. The fourth-order valence-electron chi connectivity index (χ4n) is 2.14. The van der Waals surface area contributed by atoms with Gasteiger partial charge in [0.25, 0.3) is 0 Å². The molecule has 2 aromatic carbocycles. The zero-order valence-corrected chi connectivity index (χ0v) is 13.4. The fourth-order valence-corrected chi connectivity index (χ4v) is 2.14. The van der Waals surface area contributed by atoms with Crippen LogP contribution in [-0.4, -0.2) is 19.9 Å². The molecule has 4 nitrogen and oxygen atoms in total. The molecule has 0 fully saturated rings. The standard InChI is InChI=1S/C19H22O4/c1-21-18-12-10-17(11-13-18)15-23-19(20)22-14-6-5-9-16-7-3-2-4-8-16/h2-4,7-8,10-13H,5-6,9,14-15H2,1H3. The van der Waals surface area contributed by atoms with E-state index in [2.05, 4.69) is 12.1 Å². The first kappa shape index (κ1) is 16.9. The van der Waals surface area contributed by atoms with Crippen molar-refractivity contribution < 1.29 is 19.0 Å². The van der Waals surface area contributed by atoms with Gasteiger partial charge >= 0.3 is 6.16 Å². The normalized spacial score (nSPS) is 10.1. The SMILES string of the molecule is COc1ccc(COC(=O)OCCCCc2ccccc2)cc1. The molecule has 0 spiro atoms. The lowest BCUT2D eigenvalue weighted by Crippen LogP contribution is -2.08. The molecule has 0 aliphatic heterocycles. The molecule has 0 aromatic heterocycles. The van der Waals surface area contributed by atoms with E-state index in [4.69, 9.17) is 14.2 Å². The zero-order chi connectivity index (χ0) is 16.3. The molecule has 2 aromatic rings. The average Bonchev–Trinajstić information content (AvgIpc) is 2.61. The predicted octanol–water partition coefficient (Wildman–Crippen LogP) is 4.37. The van der Waals surface area contributed by atoms with E-state index in [9.17, 15) is 4.79 Å². The highest BCUT2D eigenvalue weighted by Crippen LogP contribution is 2.12. The van der Waals surface area contributed by atoms with E-state index in [0.29, 0.717) is 6.61 Å². The first-order chi connectivity index (χ1) is 11.3. The Bertz CT molecular complexity index is 578. The van der Waals surface area contributed by atoms with Gasteiger partial charge in [0.15, 0.2) is 0 Å². The molecule has 0 unspecified atom stereocenters. The number of ether oxygens (including phenoxy) is 3. The topological polar surface area (TPSA) is 44.8 Å². The molecular formula is C19H22O4. The van der Waals surface area contributed by atoms with Crippen molar-refractivity contribution in [1.82, 2.24) is 0 Å². The molecule has 2 rings (SSSR count). The maximum absolute atomic E-state index is 11.5. The molecule has 0 amide bonds. The van der Waals surface area contributed by atoms with E-state index in [1.54, 1.807) is 7.11 Å². The van der Waals surface area contributed by atoms with E-state index in [1.807, 2.05) is 42.5 Å². The first-order valence-corrected chi connectivity index (χ1v) is 7.74. The van der Waals surface area contributed by atoms with Crippen LogP contribution in [0.3, 0.4) is 0 Å². The van der Waals surface area contributed by atoms with Crippen molar-refractivity contribution in [1.29, 1.82) is 0 Å². The predicted molar refractivity (Wildman–Crippen MR) is 88.5 cm³/mol. The summed E-state index contributed by atoms with van der Waals surface area (Å²) in [4.78, 5) is 11.5. The number of hydrogen-bond donors (Lipinski definition) is 0. The van der Waals surface area contributed by atoms with Crippen molar-refractivity contribution in [2.75, 3.05) is 13.7 Å². The Morgan fingerprint density at radius 2 is 1.61 bits per heavy atom. The summed E-state index contributed by atoms with van der Waals surface area (Å²) in [7, 11) is 1.61. The van der Waals surface area contributed by atoms with Crippen LogP contribution in [0.25, 0.3) is 0 Å². The van der Waals surface area contributed by atoms with Crippen molar-refractivity contribution in [2.24, 2.45) is 0 Å². The van der Waals surface area contributed by atoms with Gasteiger partial charge in [-0.25, -0.2) is 4.79 Å². The highest BCUT2D eigenvalue weighted by molar-refractivity contribution is 5.59. The highest BCUT2D eigenvalue weighted by atomic mass is 16.7. The van der Waals surface area contributed by atoms with Gasteiger partial charge in [0.05, 0.1) is 13.7 Å². The minimum absolute atomic E-state index is 0.201. The van der Waals surface area contributed by atoms with Gasteiger partial charge in [0, 0.05) is 0 Å². The number of hydrogen-bond acceptors (Lipinski definition) is 4. The van der Waals surface area contributed by atoms with Gasteiger partial charge < -0.3 is 14.2 Å². The summed E-state index contributed by atoms with van der Waals surface area (Å²) in [5.74, 6) is 0.773. The molecular weight excluding hydrogens is 292 g/mol. The number of carbonyl (C=O) groups is 1. The molecule has 0 N–H and O–H groups in total. The highest BCUT2D eigenvalue weighted by Gasteiger charge is 2.04. The maximum atomic E-state index is 11.5. The molecule has 0 radical (unpaired) electrons. The van der Waals surface area contributed by atoms with Crippen LogP contribution >= 0.6 is 0 Å². The van der Waals surface area contributed by atoms with Crippen LogP contribution < -0.4 is 4.74 Å². The van der Waals surface area contributed by atoms with Crippen molar-refractivity contribution in [2.45, 2.75) is 25.9 Å². The van der Waals surface area contributed by atoms with E-state index in [1.165, 1.54) is 5.56 Å². The van der Waals surface area contributed by atoms with Crippen LogP contribution in [0, 0.1) is 0 Å². The zero-order valence-electron chi connectivity index (χ0n) is 13.4. The van der Waals surface area contributed by atoms with Crippen molar-refractivity contribution in [3.05, 3.63) is 65.7 Å². The molecule has 0 aliphatic rings. The third-order valence-corrected chi connectivity index (χ3v) is 3.44. The maximum Gasteiger partial charge on any atom is 0.508 e. The van der Waals surface area contributed by atoms with Crippen LogP contribution in [0.1, 0.15) is 24.0 Å². The molecule has 0 bridgehead atoms. The lowest BCUT2D eigenvalue weighted by atomic mass is 10.1. The Morgan fingerprint density at radius 1 is 0.870 bits per heavy atom. The van der Waals surface area contributed by atoms with Crippen molar-refractivity contribution >= 4 is 6.16 Å². The van der Waals surface area contributed by atoms with Crippen molar-refractivity contribution in [3.63, 3.8) is 0 Å². The van der Waals surface area contributed by atoms with E-state index in [-0.39, 0.29) is 6.61 Å². The number of benzene rings is 2. The number of rotatable bonds is 8. The van der Waals surface area contributed by atoms with E-state index in [0.717, 1.165) is 30.6 Å². The second-order valence-corrected chi connectivity index (χ2v) is 5.18. The van der Waals surface area contributed by atoms with Crippen LogP contribution in [0.2, 0.25) is 0 Å². The lowest BCUT2D eigenvalue weighted by Gasteiger charge is -2.07. The fraction of sp³-hybridized carbons (Fsp3) is 0.316. The summed E-state index contributed by atoms with van der Waals surface area (Å²) in [6.07, 6.45) is 2.17. The van der Waals surface area contributed by atoms with Gasteiger partial charge in [-0.05, 0) is 42.5 Å². The quantitative estimate of drug-likeness (QED) is 0.536. The van der Waals surface area contributed by atoms with Gasteiger partial charge in [-0.15, -0.1) is 0 Å². The van der Waals surface area contributed by atoms with Crippen LogP contribution in [0.5, 0.6) is 5.75 Å². The molecule has 0 atom stereocenters. The van der Waals surface area contributed by atoms with Crippen molar-refractivity contribution in [3.8, 4) is 5.75 Å². The number of unbranched alkanes of at least 4 members (excludes halogenated alkanes) is 1. The minimum Gasteiger partial charge on any atom is -0.497 e. The van der Waals surface area contributed by atoms with Gasteiger partial charge in [-0.2, -0.15) is 0 Å². The smallest absolute Gasteiger partial charge is 0.497 e. The van der Waals surface area contributed by atoms with E-state index >= 15 is 0 Å². The second-order valence-electron chi connectivity index (χ2n) is 5.18. The molecule has 4 heteroatoms. The summed E-state index contributed by atoms with van der Waals surface area (Å²) in [5, 5.41) is 0.